The van der Waals surface area contributed by atoms with E-state index in [2.05, 4.69) is 19.2 Å². The summed E-state index contributed by atoms with van der Waals surface area (Å²) < 4.78 is 13.0. The average Bonchev–Trinajstić information content (AvgIpc) is 2.41. The van der Waals surface area contributed by atoms with E-state index in [1.807, 2.05) is 13.8 Å². The second kappa shape index (κ2) is 4.60. The van der Waals surface area contributed by atoms with Crippen molar-refractivity contribution in [2.24, 2.45) is 5.41 Å². The first kappa shape index (κ1) is 14.0. The van der Waals surface area contributed by atoms with Crippen LogP contribution in [-0.4, -0.2) is 24.5 Å². The summed E-state index contributed by atoms with van der Waals surface area (Å²) in [6.07, 6.45) is 0. The number of nitrogens with zero attached hydrogens (tertiary/aromatic N) is 1. The molecule has 0 atom stereocenters. The Labute approximate surface area is 113 Å². The van der Waals surface area contributed by atoms with E-state index < -0.39 is 5.41 Å². The average molecular weight is 264 g/mol. The first-order valence-electron chi connectivity index (χ1n) is 6.54. The number of benzene rings is 1. The van der Waals surface area contributed by atoms with Gasteiger partial charge in [-0.2, -0.15) is 0 Å². The van der Waals surface area contributed by atoms with Gasteiger partial charge in [-0.15, -0.1) is 0 Å². The van der Waals surface area contributed by atoms with Crippen molar-refractivity contribution < 1.29 is 9.18 Å². The van der Waals surface area contributed by atoms with Crippen molar-refractivity contribution >= 4 is 11.6 Å². The van der Waals surface area contributed by atoms with Gasteiger partial charge >= 0.3 is 0 Å². The summed E-state index contributed by atoms with van der Waals surface area (Å²) >= 11 is 0. The summed E-state index contributed by atoms with van der Waals surface area (Å²) in [4.78, 5) is 14.4. The highest BCUT2D eigenvalue weighted by Gasteiger charge is 2.39. The molecular weight excluding hydrogens is 243 g/mol. The zero-order valence-corrected chi connectivity index (χ0v) is 12.0. The molecule has 0 aromatic heterocycles. The maximum atomic E-state index is 13.0. The van der Waals surface area contributed by atoms with Gasteiger partial charge in [0.1, 0.15) is 5.82 Å². The lowest BCUT2D eigenvalue weighted by Crippen LogP contribution is -2.47. The Hall–Kier alpha value is -1.42. The van der Waals surface area contributed by atoms with Crippen molar-refractivity contribution in [1.29, 1.82) is 0 Å². The number of rotatable bonds is 1. The fraction of sp³-hybridized carbons (Fsp3) is 0.533. The lowest BCUT2D eigenvalue weighted by atomic mass is 9.91. The third-order valence-electron chi connectivity index (χ3n) is 3.52. The first-order chi connectivity index (χ1) is 8.71. The molecule has 19 heavy (non-hydrogen) atoms. The van der Waals surface area contributed by atoms with Gasteiger partial charge in [0.05, 0.1) is 5.41 Å². The molecule has 2 rings (SSSR count). The zero-order valence-electron chi connectivity index (χ0n) is 12.0. The number of halogens is 1. The maximum Gasteiger partial charge on any atom is 0.233 e. The minimum atomic E-state index is -0.470. The van der Waals surface area contributed by atoms with Crippen LogP contribution < -0.4 is 10.2 Å². The van der Waals surface area contributed by atoms with Crippen molar-refractivity contribution in [3.8, 4) is 0 Å². The van der Waals surface area contributed by atoms with Gasteiger partial charge in [0.2, 0.25) is 5.91 Å². The number of anilines is 1. The Bertz CT molecular complexity index is 479. The van der Waals surface area contributed by atoms with Crippen LogP contribution in [0.1, 0.15) is 27.7 Å². The van der Waals surface area contributed by atoms with Crippen LogP contribution in [0.15, 0.2) is 24.3 Å². The molecule has 1 amide bonds. The largest absolute Gasteiger partial charge is 0.310 e. The van der Waals surface area contributed by atoms with Crippen LogP contribution in [0.2, 0.25) is 0 Å². The van der Waals surface area contributed by atoms with Crippen molar-refractivity contribution in [1.82, 2.24) is 5.32 Å². The van der Waals surface area contributed by atoms with E-state index in [9.17, 15) is 9.18 Å². The Morgan fingerprint density at radius 3 is 2.32 bits per heavy atom. The molecule has 3 nitrogen and oxygen atoms in total. The molecule has 1 N–H and O–H groups in total. The van der Waals surface area contributed by atoms with Crippen LogP contribution in [0.3, 0.4) is 0 Å². The summed E-state index contributed by atoms with van der Waals surface area (Å²) in [5, 5.41) is 3.42. The van der Waals surface area contributed by atoms with Gasteiger partial charge in [-0.1, -0.05) is 0 Å². The van der Waals surface area contributed by atoms with Crippen LogP contribution in [-0.2, 0) is 4.79 Å². The number of carbonyl (C=O) groups is 1. The molecule has 0 unspecified atom stereocenters. The normalized spacial score (nSPS) is 22.2. The molecule has 0 spiro atoms. The second-order valence-corrected chi connectivity index (χ2v) is 6.49. The van der Waals surface area contributed by atoms with Crippen molar-refractivity contribution in [3.05, 3.63) is 30.1 Å². The van der Waals surface area contributed by atoms with Crippen LogP contribution >= 0.6 is 0 Å². The summed E-state index contributed by atoms with van der Waals surface area (Å²) in [5.74, 6) is -0.222. The summed E-state index contributed by atoms with van der Waals surface area (Å²) in [6.45, 7) is 9.20. The Balaban J connectivity index is 2.39. The molecular formula is C15H21FN2O. The van der Waals surface area contributed by atoms with E-state index in [1.54, 1.807) is 17.0 Å². The van der Waals surface area contributed by atoms with Gasteiger partial charge in [0.25, 0.3) is 0 Å². The minimum Gasteiger partial charge on any atom is -0.310 e. The van der Waals surface area contributed by atoms with Crippen LogP contribution in [0.5, 0.6) is 0 Å². The molecule has 1 aliphatic heterocycles. The standard InChI is InChI=1S/C15H21FN2O/c1-14(2)9-17-15(3,4)10-18(13(14)19)12-7-5-11(16)6-8-12/h5-8,17H,9-10H2,1-4H3. The van der Waals surface area contributed by atoms with Crippen LogP contribution in [0.25, 0.3) is 0 Å². The molecule has 1 aromatic carbocycles. The lowest BCUT2D eigenvalue weighted by Gasteiger charge is -2.31. The van der Waals surface area contributed by atoms with E-state index in [4.69, 9.17) is 0 Å². The van der Waals surface area contributed by atoms with Gasteiger partial charge in [0, 0.05) is 24.3 Å². The monoisotopic (exact) mass is 264 g/mol. The molecule has 0 bridgehead atoms. The Morgan fingerprint density at radius 2 is 1.74 bits per heavy atom. The van der Waals surface area contributed by atoms with Gasteiger partial charge < -0.3 is 10.2 Å². The zero-order chi connectivity index (χ0) is 14.3. The van der Waals surface area contributed by atoms with E-state index in [1.165, 1.54) is 12.1 Å². The number of hydrogen-bond donors (Lipinski definition) is 1. The molecule has 1 fully saturated rings. The molecule has 1 heterocycles. The van der Waals surface area contributed by atoms with E-state index in [0.717, 1.165) is 5.69 Å². The molecule has 1 aromatic rings. The van der Waals surface area contributed by atoms with E-state index in [0.29, 0.717) is 13.1 Å². The molecule has 104 valence electrons. The Kier molecular flexibility index (Phi) is 3.39. The van der Waals surface area contributed by atoms with E-state index in [-0.39, 0.29) is 17.3 Å². The topological polar surface area (TPSA) is 32.3 Å². The summed E-state index contributed by atoms with van der Waals surface area (Å²) in [6, 6.07) is 6.09. The molecule has 0 aliphatic carbocycles. The molecule has 1 aliphatic rings. The van der Waals surface area contributed by atoms with Crippen LogP contribution in [0.4, 0.5) is 10.1 Å². The fourth-order valence-corrected chi connectivity index (χ4v) is 2.25. The molecule has 4 heteroatoms. The molecule has 0 radical (unpaired) electrons. The first-order valence-corrected chi connectivity index (χ1v) is 6.54. The molecule has 0 saturated carbocycles. The summed E-state index contributed by atoms with van der Waals surface area (Å²) in [7, 11) is 0. The highest BCUT2D eigenvalue weighted by Crippen LogP contribution is 2.28. The lowest BCUT2D eigenvalue weighted by molar-refractivity contribution is -0.125. The van der Waals surface area contributed by atoms with Crippen molar-refractivity contribution in [2.45, 2.75) is 33.2 Å². The number of nitrogens with one attached hydrogen (secondary N) is 1. The summed E-state index contributed by atoms with van der Waals surface area (Å²) in [5.41, 5.74) is 0.108. The van der Waals surface area contributed by atoms with Gasteiger partial charge in [-0.05, 0) is 52.0 Å². The number of amides is 1. The fourth-order valence-electron chi connectivity index (χ4n) is 2.25. The molecule has 1 saturated heterocycles. The number of carbonyl (C=O) groups excluding carboxylic acids is 1. The van der Waals surface area contributed by atoms with Gasteiger partial charge in [-0.3, -0.25) is 4.79 Å². The van der Waals surface area contributed by atoms with Crippen LogP contribution in [0, 0.1) is 11.2 Å². The second-order valence-electron chi connectivity index (χ2n) is 6.49. The van der Waals surface area contributed by atoms with E-state index >= 15 is 0 Å². The Morgan fingerprint density at radius 1 is 1.16 bits per heavy atom. The minimum absolute atomic E-state index is 0.0668. The predicted molar refractivity (Wildman–Crippen MR) is 74.6 cm³/mol. The SMILES string of the molecule is CC1(C)CN(c2ccc(F)cc2)C(=O)C(C)(C)CN1. The third-order valence-corrected chi connectivity index (χ3v) is 3.52. The predicted octanol–water partition coefficient (Wildman–Crippen LogP) is 2.57. The highest BCUT2D eigenvalue weighted by molar-refractivity contribution is 5.97. The number of hydrogen-bond acceptors (Lipinski definition) is 2. The van der Waals surface area contributed by atoms with Crippen molar-refractivity contribution in [2.75, 3.05) is 18.0 Å². The van der Waals surface area contributed by atoms with Crippen molar-refractivity contribution in [3.63, 3.8) is 0 Å². The maximum absolute atomic E-state index is 13.0. The quantitative estimate of drug-likeness (QED) is 0.845. The van der Waals surface area contributed by atoms with Gasteiger partial charge in [0.15, 0.2) is 0 Å². The smallest absolute Gasteiger partial charge is 0.233 e. The highest BCUT2D eigenvalue weighted by atomic mass is 19.1. The third kappa shape index (κ3) is 2.95. The van der Waals surface area contributed by atoms with Gasteiger partial charge in [-0.25, -0.2) is 4.39 Å².